The molecule has 0 bridgehead atoms. The second-order valence-corrected chi connectivity index (χ2v) is 6.14. The van der Waals surface area contributed by atoms with Crippen LogP contribution in [0.4, 0.5) is 4.79 Å². The van der Waals surface area contributed by atoms with Gasteiger partial charge in [-0.3, -0.25) is 4.79 Å². The van der Waals surface area contributed by atoms with E-state index in [-0.39, 0.29) is 13.0 Å². The first kappa shape index (κ1) is 18.0. The molecule has 0 heterocycles. The number of aliphatic carboxylic acids is 1. The number of benzene rings is 1. The van der Waals surface area contributed by atoms with Gasteiger partial charge in [0.25, 0.3) is 0 Å². The standard InChI is InChI=1S/C16H20ClNO4/c1-16(2,3)22-15(21)18-8-4-5-11-9-13(17)7-6-12(11)10-14(19)20/h4-7,9H,8,10H2,1-3H3,(H,18,21)(H,19,20). The zero-order valence-electron chi connectivity index (χ0n) is 12.9. The van der Waals surface area contributed by atoms with Gasteiger partial charge in [-0.1, -0.05) is 29.8 Å². The normalized spacial score (nSPS) is 11.5. The summed E-state index contributed by atoms with van der Waals surface area (Å²) in [6.07, 6.45) is 2.84. The maximum atomic E-state index is 11.5. The Balaban J connectivity index is 2.64. The summed E-state index contributed by atoms with van der Waals surface area (Å²) >= 11 is 5.92. The van der Waals surface area contributed by atoms with Gasteiger partial charge in [0.1, 0.15) is 5.60 Å². The third-order valence-corrected chi connectivity index (χ3v) is 2.75. The molecule has 2 N–H and O–H groups in total. The molecule has 1 aromatic carbocycles. The number of rotatable bonds is 5. The van der Waals surface area contributed by atoms with E-state index in [4.69, 9.17) is 21.4 Å². The molecule has 0 radical (unpaired) electrons. The fourth-order valence-electron chi connectivity index (χ4n) is 1.69. The first-order valence-electron chi connectivity index (χ1n) is 6.81. The van der Waals surface area contributed by atoms with Gasteiger partial charge >= 0.3 is 12.1 Å². The fraction of sp³-hybridized carbons (Fsp3) is 0.375. The predicted octanol–water partition coefficient (Wildman–Crippen LogP) is 3.51. The van der Waals surface area contributed by atoms with Crippen LogP contribution >= 0.6 is 11.6 Å². The van der Waals surface area contributed by atoms with Crippen molar-refractivity contribution in [1.82, 2.24) is 5.32 Å². The Bertz CT molecular complexity index is 576. The average Bonchev–Trinajstić information content (AvgIpc) is 2.35. The summed E-state index contributed by atoms with van der Waals surface area (Å²) in [6, 6.07) is 5.01. The molecule has 0 saturated carbocycles. The average molecular weight is 326 g/mol. The van der Waals surface area contributed by atoms with Crippen molar-refractivity contribution >= 4 is 29.7 Å². The highest BCUT2D eigenvalue weighted by Crippen LogP contribution is 2.18. The van der Waals surface area contributed by atoms with Crippen molar-refractivity contribution in [3.8, 4) is 0 Å². The summed E-state index contributed by atoms with van der Waals surface area (Å²) in [5.41, 5.74) is 0.821. The number of amides is 1. The van der Waals surface area contributed by atoms with E-state index in [1.165, 1.54) is 0 Å². The van der Waals surface area contributed by atoms with Crippen LogP contribution in [0.15, 0.2) is 24.3 Å². The van der Waals surface area contributed by atoms with E-state index in [1.807, 2.05) is 0 Å². The first-order valence-corrected chi connectivity index (χ1v) is 7.19. The lowest BCUT2D eigenvalue weighted by atomic mass is 10.0. The van der Waals surface area contributed by atoms with Gasteiger partial charge in [-0.2, -0.15) is 0 Å². The summed E-state index contributed by atoms with van der Waals surface area (Å²) in [4.78, 5) is 22.3. The number of hydrogen-bond acceptors (Lipinski definition) is 3. The number of alkyl carbamates (subject to hydrolysis) is 1. The summed E-state index contributed by atoms with van der Waals surface area (Å²) in [6.45, 7) is 5.62. The van der Waals surface area contributed by atoms with Gasteiger partial charge in [0, 0.05) is 11.6 Å². The minimum Gasteiger partial charge on any atom is -0.481 e. The van der Waals surface area contributed by atoms with Crippen molar-refractivity contribution in [2.75, 3.05) is 6.54 Å². The van der Waals surface area contributed by atoms with Crippen molar-refractivity contribution in [1.29, 1.82) is 0 Å². The van der Waals surface area contributed by atoms with Crippen LogP contribution in [0.2, 0.25) is 5.02 Å². The van der Waals surface area contributed by atoms with E-state index < -0.39 is 17.7 Å². The highest BCUT2D eigenvalue weighted by molar-refractivity contribution is 6.30. The van der Waals surface area contributed by atoms with Gasteiger partial charge in [0.05, 0.1) is 6.42 Å². The lowest BCUT2D eigenvalue weighted by molar-refractivity contribution is -0.136. The van der Waals surface area contributed by atoms with Crippen LogP contribution in [0.5, 0.6) is 0 Å². The lowest BCUT2D eigenvalue weighted by Crippen LogP contribution is -2.32. The van der Waals surface area contributed by atoms with E-state index in [0.717, 1.165) is 0 Å². The van der Waals surface area contributed by atoms with Gasteiger partial charge in [-0.05, 0) is 44.0 Å². The molecule has 0 unspecified atom stereocenters. The summed E-state index contributed by atoms with van der Waals surface area (Å²) in [5.74, 6) is -0.913. The fourth-order valence-corrected chi connectivity index (χ4v) is 1.87. The molecule has 22 heavy (non-hydrogen) atoms. The second kappa shape index (κ2) is 7.84. The van der Waals surface area contributed by atoms with Crippen molar-refractivity contribution in [2.45, 2.75) is 32.8 Å². The Hall–Kier alpha value is -2.01. The van der Waals surface area contributed by atoms with Crippen molar-refractivity contribution in [3.05, 3.63) is 40.4 Å². The molecule has 1 amide bonds. The topological polar surface area (TPSA) is 75.6 Å². The Morgan fingerprint density at radius 2 is 2.05 bits per heavy atom. The summed E-state index contributed by atoms with van der Waals surface area (Å²) < 4.78 is 5.10. The van der Waals surface area contributed by atoms with Crippen molar-refractivity contribution in [3.63, 3.8) is 0 Å². The maximum Gasteiger partial charge on any atom is 0.407 e. The molecule has 1 rings (SSSR count). The summed E-state index contributed by atoms with van der Waals surface area (Å²) in [5, 5.41) is 12.0. The number of carbonyl (C=O) groups is 2. The quantitative estimate of drug-likeness (QED) is 0.868. The Labute approximate surface area is 134 Å². The molecule has 0 saturated heterocycles. The highest BCUT2D eigenvalue weighted by Gasteiger charge is 2.15. The first-order chi connectivity index (χ1) is 10.2. The molecular weight excluding hydrogens is 306 g/mol. The van der Waals surface area contributed by atoms with E-state index in [1.54, 1.807) is 51.1 Å². The smallest absolute Gasteiger partial charge is 0.407 e. The number of nitrogens with one attached hydrogen (secondary N) is 1. The van der Waals surface area contributed by atoms with Gasteiger partial charge < -0.3 is 15.2 Å². The van der Waals surface area contributed by atoms with Crippen LogP contribution < -0.4 is 5.32 Å². The van der Waals surface area contributed by atoms with Crippen LogP contribution in [0.1, 0.15) is 31.9 Å². The van der Waals surface area contributed by atoms with Crippen LogP contribution in [0, 0.1) is 0 Å². The number of halogens is 1. The number of carboxylic acid groups (broad SMARTS) is 1. The van der Waals surface area contributed by atoms with Crippen LogP contribution in [0.25, 0.3) is 6.08 Å². The van der Waals surface area contributed by atoms with Crippen LogP contribution in [0.3, 0.4) is 0 Å². The number of carboxylic acids is 1. The van der Waals surface area contributed by atoms with Gasteiger partial charge in [0.2, 0.25) is 0 Å². The molecular formula is C16H20ClNO4. The van der Waals surface area contributed by atoms with E-state index in [0.29, 0.717) is 16.1 Å². The molecule has 1 aromatic rings. The summed E-state index contributed by atoms with van der Waals surface area (Å²) in [7, 11) is 0. The van der Waals surface area contributed by atoms with Crippen molar-refractivity contribution in [2.24, 2.45) is 0 Å². The van der Waals surface area contributed by atoms with Crippen molar-refractivity contribution < 1.29 is 19.4 Å². The molecule has 0 fully saturated rings. The molecule has 120 valence electrons. The Morgan fingerprint density at radius 3 is 2.64 bits per heavy atom. The molecule has 0 aliphatic carbocycles. The third-order valence-electron chi connectivity index (χ3n) is 2.51. The molecule has 0 aliphatic heterocycles. The molecule has 0 atom stereocenters. The van der Waals surface area contributed by atoms with Gasteiger partial charge in [-0.15, -0.1) is 0 Å². The minimum absolute atomic E-state index is 0.0870. The molecule has 0 aromatic heterocycles. The molecule has 0 spiro atoms. The monoisotopic (exact) mass is 325 g/mol. The minimum atomic E-state index is -0.913. The lowest BCUT2D eigenvalue weighted by Gasteiger charge is -2.19. The Kier molecular flexibility index (Phi) is 6.43. The number of ether oxygens (including phenoxy) is 1. The largest absolute Gasteiger partial charge is 0.481 e. The molecule has 5 nitrogen and oxygen atoms in total. The number of carbonyl (C=O) groups excluding carboxylic acids is 1. The van der Waals surface area contributed by atoms with Crippen LogP contribution in [-0.2, 0) is 16.0 Å². The van der Waals surface area contributed by atoms with Crippen LogP contribution in [-0.4, -0.2) is 29.3 Å². The zero-order chi connectivity index (χ0) is 16.8. The highest BCUT2D eigenvalue weighted by atomic mass is 35.5. The van der Waals surface area contributed by atoms with E-state index >= 15 is 0 Å². The molecule has 0 aliphatic rings. The second-order valence-electron chi connectivity index (χ2n) is 5.70. The maximum absolute atomic E-state index is 11.5. The zero-order valence-corrected chi connectivity index (χ0v) is 13.6. The third kappa shape index (κ3) is 7.13. The predicted molar refractivity (Wildman–Crippen MR) is 86.1 cm³/mol. The van der Waals surface area contributed by atoms with Gasteiger partial charge in [-0.25, -0.2) is 4.79 Å². The van der Waals surface area contributed by atoms with E-state index in [2.05, 4.69) is 5.32 Å². The van der Waals surface area contributed by atoms with Gasteiger partial charge in [0.15, 0.2) is 0 Å². The molecule has 6 heteroatoms. The van der Waals surface area contributed by atoms with E-state index in [9.17, 15) is 9.59 Å². The number of hydrogen-bond donors (Lipinski definition) is 2. The Morgan fingerprint density at radius 1 is 1.36 bits per heavy atom. The SMILES string of the molecule is CC(C)(C)OC(=O)NCC=Cc1cc(Cl)ccc1CC(=O)O.